The standard InChI is InChI=1S/C9H16O5/c1-5(10)9(12)6(2)14-8(13-3)4-7(9)11/h6-8,11-12H,4H2,1-3H3/t6-,7+,8+,9+/m0/s1. The molecule has 14 heavy (non-hydrogen) atoms. The topological polar surface area (TPSA) is 76.0 Å². The van der Waals surface area contributed by atoms with Crippen LogP contribution in [0, 0.1) is 0 Å². The van der Waals surface area contributed by atoms with Crippen molar-refractivity contribution < 1.29 is 24.5 Å². The average molecular weight is 204 g/mol. The highest BCUT2D eigenvalue weighted by Gasteiger charge is 2.51. The lowest BCUT2D eigenvalue weighted by molar-refractivity contribution is -0.266. The first-order chi connectivity index (χ1) is 6.42. The fourth-order valence-corrected chi connectivity index (χ4v) is 1.69. The number of Topliss-reactive ketones (excluding diaryl/α,β-unsaturated/α-hetero) is 1. The zero-order valence-corrected chi connectivity index (χ0v) is 8.56. The molecule has 0 spiro atoms. The minimum absolute atomic E-state index is 0.0942. The van der Waals surface area contributed by atoms with Crippen LogP contribution in [-0.4, -0.2) is 47.2 Å². The van der Waals surface area contributed by atoms with Crippen LogP contribution in [0.15, 0.2) is 0 Å². The van der Waals surface area contributed by atoms with Crippen molar-refractivity contribution in [1.29, 1.82) is 0 Å². The molecule has 0 saturated carbocycles. The van der Waals surface area contributed by atoms with Crippen LogP contribution in [0.25, 0.3) is 0 Å². The number of aliphatic hydroxyl groups is 2. The van der Waals surface area contributed by atoms with Crippen LogP contribution in [0.3, 0.4) is 0 Å². The number of ether oxygens (including phenoxy) is 2. The predicted molar refractivity (Wildman–Crippen MR) is 47.6 cm³/mol. The highest BCUT2D eigenvalue weighted by atomic mass is 16.7. The molecule has 4 atom stereocenters. The fourth-order valence-electron chi connectivity index (χ4n) is 1.69. The third kappa shape index (κ3) is 1.68. The minimum atomic E-state index is -1.81. The Bertz CT molecular complexity index is 215. The van der Waals surface area contributed by atoms with Gasteiger partial charge in [0.05, 0.1) is 12.2 Å². The van der Waals surface area contributed by atoms with Gasteiger partial charge >= 0.3 is 0 Å². The first-order valence-corrected chi connectivity index (χ1v) is 4.52. The molecule has 1 saturated heterocycles. The Hall–Kier alpha value is -0.490. The van der Waals surface area contributed by atoms with Crippen LogP contribution in [-0.2, 0) is 14.3 Å². The summed E-state index contributed by atoms with van der Waals surface area (Å²) in [4.78, 5) is 11.2. The van der Waals surface area contributed by atoms with E-state index in [1.165, 1.54) is 21.0 Å². The molecular weight excluding hydrogens is 188 g/mol. The van der Waals surface area contributed by atoms with Gasteiger partial charge in [0, 0.05) is 13.5 Å². The summed E-state index contributed by atoms with van der Waals surface area (Å²) in [6, 6.07) is 0. The maximum absolute atomic E-state index is 11.2. The number of carbonyl (C=O) groups excluding carboxylic acids is 1. The van der Waals surface area contributed by atoms with Crippen molar-refractivity contribution in [3.63, 3.8) is 0 Å². The van der Waals surface area contributed by atoms with E-state index in [1.54, 1.807) is 0 Å². The molecule has 1 fully saturated rings. The lowest BCUT2D eigenvalue weighted by Gasteiger charge is -2.42. The molecule has 2 N–H and O–H groups in total. The second-order valence-corrected chi connectivity index (χ2v) is 3.58. The molecule has 1 aliphatic heterocycles. The van der Waals surface area contributed by atoms with E-state index in [2.05, 4.69) is 0 Å². The number of ketones is 1. The molecule has 0 aromatic carbocycles. The molecule has 0 aromatic rings. The Morgan fingerprint density at radius 1 is 1.64 bits per heavy atom. The maximum atomic E-state index is 11.2. The first kappa shape index (κ1) is 11.6. The van der Waals surface area contributed by atoms with E-state index < -0.39 is 29.9 Å². The second kappa shape index (κ2) is 3.94. The molecular formula is C9H16O5. The van der Waals surface area contributed by atoms with E-state index in [0.717, 1.165) is 0 Å². The Balaban J connectivity index is 2.84. The van der Waals surface area contributed by atoms with Crippen molar-refractivity contribution in [2.45, 2.75) is 44.4 Å². The van der Waals surface area contributed by atoms with Crippen LogP contribution >= 0.6 is 0 Å². The second-order valence-electron chi connectivity index (χ2n) is 3.58. The van der Waals surface area contributed by atoms with E-state index in [9.17, 15) is 15.0 Å². The number of aliphatic hydroxyl groups excluding tert-OH is 1. The lowest BCUT2D eigenvalue weighted by Crippen LogP contribution is -2.62. The van der Waals surface area contributed by atoms with Crippen LogP contribution in [0.2, 0.25) is 0 Å². The van der Waals surface area contributed by atoms with E-state index >= 15 is 0 Å². The highest BCUT2D eigenvalue weighted by Crippen LogP contribution is 2.30. The molecule has 1 aliphatic rings. The summed E-state index contributed by atoms with van der Waals surface area (Å²) in [6.07, 6.45) is -2.39. The van der Waals surface area contributed by atoms with Gasteiger partial charge in [-0.25, -0.2) is 0 Å². The van der Waals surface area contributed by atoms with Gasteiger partial charge in [-0.15, -0.1) is 0 Å². The summed E-state index contributed by atoms with van der Waals surface area (Å²) in [7, 11) is 1.45. The molecule has 1 heterocycles. The monoisotopic (exact) mass is 204 g/mol. The minimum Gasteiger partial charge on any atom is -0.389 e. The summed E-state index contributed by atoms with van der Waals surface area (Å²) >= 11 is 0. The van der Waals surface area contributed by atoms with E-state index in [4.69, 9.17) is 9.47 Å². The smallest absolute Gasteiger partial charge is 0.174 e. The summed E-state index contributed by atoms with van der Waals surface area (Å²) in [5.74, 6) is -0.493. The molecule has 0 unspecified atom stereocenters. The molecule has 5 heteroatoms. The number of rotatable bonds is 2. The first-order valence-electron chi connectivity index (χ1n) is 4.52. The summed E-state index contributed by atoms with van der Waals surface area (Å²) in [5, 5.41) is 19.6. The Morgan fingerprint density at radius 3 is 2.57 bits per heavy atom. The molecule has 0 aliphatic carbocycles. The lowest BCUT2D eigenvalue weighted by atomic mass is 9.83. The molecule has 0 radical (unpaired) electrons. The normalized spacial score (nSPS) is 43.6. The highest BCUT2D eigenvalue weighted by molar-refractivity contribution is 5.86. The third-order valence-electron chi connectivity index (χ3n) is 2.73. The number of hydrogen-bond acceptors (Lipinski definition) is 5. The third-order valence-corrected chi connectivity index (χ3v) is 2.73. The van der Waals surface area contributed by atoms with Gasteiger partial charge < -0.3 is 19.7 Å². The van der Waals surface area contributed by atoms with Crippen molar-refractivity contribution in [2.75, 3.05) is 7.11 Å². The van der Waals surface area contributed by atoms with E-state index in [-0.39, 0.29) is 6.42 Å². The van der Waals surface area contributed by atoms with Gasteiger partial charge in [-0.05, 0) is 13.8 Å². The Labute approximate surface area is 82.6 Å². The molecule has 0 bridgehead atoms. The summed E-state index contributed by atoms with van der Waals surface area (Å²) < 4.78 is 10.1. The van der Waals surface area contributed by atoms with Crippen molar-refractivity contribution in [1.82, 2.24) is 0 Å². The van der Waals surface area contributed by atoms with Gasteiger partial charge in [-0.3, -0.25) is 4.79 Å². The van der Waals surface area contributed by atoms with E-state index in [1.807, 2.05) is 0 Å². The zero-order valence-electron chi connectivity index (χ0n) is 8.56. The van der Waals surface area contributed by atoms with Crippen molar-refractivity contribution in [3.8, 4) is 0 Å². The quantitative estimate of drug-likeness (QED) is 0.631. The van der Waals surface area contributed by atoms with Crippen molar-refractivity contribution >= 4 is 5.78 Å². The average Bonchev–Trinajstić information content (AvgIpc) is 2.12. The number of methoxy groups -OCH3 is 1. The van der Waals surface area contributed by atoms with Crippen molar-refractivity contribution in [3.05, 3.63) is 0 Å². The molecule has 0 aromatic heterocycles. The number of carbonyl (C=O) groups is 1. The summed E-state index contributed by atoms with van der Waals surface area (Å²) in [6.45, 7) is 2.77. The SMILES string of the molecule is CO[C@H]1C[C@@H](O)[C@@](O)(C(C)=O)[C@H](C)O1. The van der Waals surface area contributed by atoms with Gasteiger partial charge in [-0.2, -0.15) is 0 Å². The summed E-state index contributed by atoms with van der Waals surface area (Å²) in [5.41, 5.74) is -1.81. The zero-order chi connectivity index (χ0) is 10.9. The van der Waals surface area contributed by atoms with Gasteiger partial charge in [0.25, 0.3) is 0 Å². The maximum Gasteiger partial charge on any atom is 0.174 e. The Kier molecular flexibility index (Phi) is 3.26. The van der Waals surface area contributed by atoms with Crippen LogP contribution < -0.4 is 0 Å². The Morgan fingerprint density at radius 2 is 2.21 bits per heavy atom. The van der Waals surface area contributed by atoms with Crippen molar-refractivity contribution in [2.24, 2.45) is 0 Å². The molecule has 5 nitrogen and oxygen atoms in total. The van der Waals surface area contributed by atoms with Gasteiger partial charge in [0.15, 0.2) is 17.7 Å². The van der Waals surface area contributed by atoms with Crippen LogP contribution in [0.1, 0.15) is 20.3 Å². The molecule has 1 rings (SSSR count). The number of hydrogen-bond donors (Lipinski definition) is 2. The van der Waals surface area contributed by atoms with E-state index in [0.29, 0.717) is 0 Å². The van der Waals surface area contributed by atoms with Crippen LogP contribution in [0.4, 0.5) is 0 Å². The van der Waals surface area contributed by atoms with Gasteiger partial charge in [-0.1, -0.05) is 0 Å². The van der Waals surface area contributed by atoms with Crippen LogP contribution in [0.5, 0.6) is 0 Å². The molecule has 0 amide bonds. The predicted octanol–water partition coefficient (Wildman–Crippen LogP) is -0.551. The largest absolute Gasteiger partial charge is 0.389 e. The molecule has 82 valence electrons. The van der Waals surface area contributed by atoms with Gasteiger partial charge in [0.1, 0.15) is 0 Å². The fraction of sp³-hybridized carbons (Fsp3) is 0.889. The van der Waals surface area contributed by atoms with Gasteiger partial charge in [0.2, 0.25) is 0 Å².